The van der Waals surface area contributed by atoms with Crippen LogP contribution < -0.4 is 4.90 Å². The van der Waals surface area contributed by atoms with E-state index in [1.807, 2.05) is 6.08 Å². The number of anilines is 1. The molecule has 9 nitrogen and oxygen atoms in total. The van der Waals surface area contributed by atoms with E-state index < -0.39 is 40.4 Å². The summed E-state index contributed by atoms with van der Waals surface area (Å²) < 4.78 is 15.8. The maximum atomic E-state index is 13.8. The van der Waals surface area contributed by atoms with Gasteiger partial charge in [-0.25, -0.2) is 4.79 Å². The molecule has 0 N–H and O–H groups in total. The van der Waals surface area contributed by atoms with Gasteiger partial charge in [-0.05, 0) is 37.3 Å². The molecule has 3 fully saturated rings. The number of hydrogen-bond donors (Lipinski definition) is 0. The number of ether oxygens (including phenoxy) is 3. The molecule has 4 atom stereocenters. The molecule has 2 saturated heterocycles. The Bertz CT molecular complexity index is 1100. The van der Waals surface area contributed by atoms with Gasteiger partial charge >= 0.3 is 18.0 Å². The Morgan fingerprint density at radius 2 is 1.76 bits per heavy atom. The first-order valence-corrected chi connectivity index (χ1v) is 11.0. The topological polar surface area (TPSA) is 102 Å². The zero-order chi connectivity index (χ0) is 23.6. The molecule has 2 amide bonds. The maximum absolute atomic E-state index is 13.8. The van der Waals surface area contributed by atoms with Gasteiger partial charge in [-0.2, -0.15) is 0 Å². The number of methoxy groups -OCH3 is 3. The molecular formula is C24H26N2O7. The van der Waals surface area contributed by atoms with Gasteiger partial charge in [0.1, 0.15) is 5.41 Å². The van der Waals surface area contributed by atoms with Gasteiger partial charge in [0.15, 0.2) is 0 Å². The van der Waals surface area contributed by atoms with Crippen LogP contribution in [-0.2, 0) is 34.0 Å². The summed E-state index contributed by atoms with van der Waals surface area (Å²) in [5.41, 5.74) is -2.27. The Kier molecular flexibility index (Phi) is 4.60. The van der Waals surface area contributed by atoms with Crippen molar-refractivity contribution in [3.63, 3.8) is 0 Å². The molecule has 1 aromatic carbocycles. The third kappa shape index (κ3) is 2.37. The summed E-state index contributed by atoms with van der Waals surface area (Å²) in [6.45, 7) is 0.278. The third-order valence-corrected chi connectivity index (χ3v) is 8.24. The van der Waals surface area contributed by atoms with E-state index in [1.54, 1.807) is 29.2 Å². The van der Waals surface area contributed by atoms with E-state index in [-0.39, 0.29) is 31.7 Å². The summed E-state index contributed by atoms with van der Waals surface area (Å²) in [7, 11) is 3.87. The van der Waals surface area contributed by atoms with Gasteiger partial charge in [-0.3, -0.25) is 19.3 Å². The van der Waals surface area contributed by atoms with Gasteiger partial charge < -0.3 is 19.1 Å². The van der Waals surface area contributed by atoms with Crippen molar-refractivity contribution in [3.05, 3.63) is 42.0 Å². The van der Waals surface area contributed by atoms with E-state index >= 15 is 0 Å². The fraction of sp³-hybridized carbons (Fsp3) is 0.500. The van der Waals surface area contributed by atoms with E-state index in [4.69, 9.17) is 14.2 Å². The Labute approximate surface area is 191 Å². The fourth-order valence-electron chi connectivity index (χ4n) is 6.97. The lowest BCUT2D eigenvalue weighted by atomic mass is 9.51. The average Bonchev–Trinajstić information content (AvgIpc) is 3.25. The number of carbonyl (C=O) groups is 4. The van der Waals surface area contributed by atoms with Gasteiger partial charge in [0.05, 0.1) is 44.0 Å². The van der Waals surface area contributed by atoms with E-state index in [0.29, 0.717) is 17.7 Å². The zero-order valence-electron chi connectivity index (χ0n) is 18.8. The number of amides is 2. The molecule has 174 valence electrons. The molecular weight excluding hydrogens is 428 g/mol. The van der Waals surface area contributed by atoms with Crippen LogP contribution in [-0.4, -0.2) is 67.8 Å². The standard InChI is InChI=1S/C24H26N2O7/c1-31-19(28)16-14-22-9-8-18(27)25(22)13-12-23(20(29)32-2)15-6-4-5-7-17(15)26(21(30)33-3)24(16,23)11-10-22/h4-9,16H,10-14H2,1-3H3/t16-,22+,23+,24+/m1/s1. The van der Waals surface area contributed by atoms with Crippen molar-refractivity contribution in [2.24, 2.45) is 5.92 Å². The lowest BCUT2D eigenvalue weighted by Gasteiger charge is -2.60. The number of hydrogen-bond acceptors (Lipinski definition) is 7. The minimum absolute atomic E-state index is 0.149. The second-order valence-corrected chi connectivity index (χ2v) is 9.10. The summed E-state index contributed by atoms with van der Waals surface area (Å²) in [4.78, 5) is 56.6. The number of rotatable bonds is 2. The smallest absolute Gasteiger partial charge is 0.414 e. The van der Waals surface area contributed by atoms with E-state index in [1.165, 1.54) is 32.3 Å². The van der Waals surface area contributed by atoms with Crippen LogP contribution in [0, 0.1) is 5.92 Å². The van der Waals surface area contributed by atoms with Gasteiger partial charge in [0.2, 0.25) is 5.91 Å². The molecule has 0 radical (unpaired) electrons. The summed E-state index contributed by atoms with van der Waals surface area (Å²) in [5.74, 6) is -2.15. The number of carbonyl (C=O) groups excluding carboxylic acids is 4. The number of esters is 2. The predicted octanol–water partition coefficient (Wildman–Crippen LogP) is 1.94. The SMILES string of the molecule is COC(=O)[C@H]1C[C@@]23C=CC(=O)N2CC[C@@]2(C(=O)OC)c4ccccc4N(C(=O)OC)[C@@]12CC3. The molecule has 0 unspecified atom stereocenters. The van der Waals surface area contributed by atoms with E-state index in [9.17, 15) is 19.2 Å². The highest BCUT2D eigenvalue weighted by Crippen LogP contribution is 2.65. The first-order valence-electron chi connectivity index (χ1n) is 11.0. The average molecular weight is 454 g/mol. The maximum Gasteiger partial charge on any atom is 0.414 e. The van der Waals surface area contributed by atoms with Crippen LogP contribution in [0.1, 0.15) is 31.2 Å². The van der Waals surface area contributed by atoms with Crippen LogP contribution in [0.25, 0.3) is 0 Å². The molecule has 1 saturated carbocycles. The molecule has 1 aliphatic carbocycles. The first-order chi connectivity index (χ1) is 15.8. The highest BCUT2D eigenvalue weighted by Gasteiger charge is 2.76. The third-order valence-electron chi connectivity index (χ3n) is 8.24. The Balaban J connectivity index is 1.87. The van der Waals surface area contributed by atoms with Gasteiger partial charge in [-0.1, -0.05) is 24.3 Å². The molecule has 0 aromatic heterocycles. The molecule has 33 heavy (non-hydrogen) atoms. The summed E-state index contributed by atoms with van der Waals surface area (Å²) >= 11 is 0. The van der Waals surface area contributed by atoms with Crippen molar-refractivity contribution in [1.29, 1.82) is 0 Å². The van der Waals surface area contributed by atoms with Gasteiger partial charge in [-0.15, -0.1) is 0 Å². The van der Waals surface area contributed by atoms with E-state index in [2.05, 4.69) is 0 Å². The second kappa shape index (κ2) is 7.07. The van der Waals surface area contributed by atoms with Crippen molar-refractivity contribution < 1.29 is 33.4 Å². The van der Waals surface area contributed by atoms with Crippen molar-refractivity contribution >= 4 is 29.6 Å². The van der Waals surface area contributed by atoms with Crippen LogP contribution in [0.15, 0.2) is 36.4 Å². The molecule has 6 rings (SSSR count). The molecule has 5 aliphatic rings. The van der Waals surface area contributed by atoms with Crippen molar-refractivity contribution in [1.82, 2.24) is 4.90 Å². The number of nitrogens with zero attached hydrogens (tertiary/aromatic N) is 2. The van der Waals surface area contributed by atoms with Crippen LogP contribution in [0.2, 0.25) is 0 Å². The van der Waals surface area contributed by atoms with Crippen molar-refractivity contribution in [2.75, 3.05) is 32.8 Å². The second-order valence-electron chi connectivity index (χ2n) is 9.10. The largest absolute Gasteiger partial charge is 0.469 e. The monoisotopic (exact) mass is 454 g/mol. The van der Waals surface area contributed by atoms with Crippen LogP contribution in [0.3, 0.4) is 0 Å². The molecule has 2 bridgehead atoms. The van der Waals surface area contributed by atoms with Crippen molar-refractivity contribution in [2.45, 2.75) is 42.2 Å². The lowest BCUT2D eigenvalue weighted by molar-refractivity contribution is -0.167. The van der Waals surface area contributed by atoms with Crippen molar-refractivity contribution in [3.8, 4) is 0 Å². The molecule has 2 spiro atoms. The minimum Gasteiger partial charge on any atom is -0.469 e. The fourth-order valence-corrected chi connectivity index (χ4v) is 6.97. The summed E-state index contributed by atoms with van der Waals surface area (Å²) in [6, 6.07) is 7.11. The Hall–Kier alpha value is -3.36. The van der Waals surface area contributed by atoms with Gasteiger partial charge in [0.25, 0.3) is 0 Å². The minimum atomic E-state index is -1.39. The van der Waals surface area contributed by atoms with E-state index in [0.717, 1.165) is 0 Å². The normalized spacial score (nSPS) is 33.5. The summed E-state index contributed by atoms with van der Waals surface area (Å²) in [6.07, 6.45) is 3.89. The zero-order valence-corrected chi connectivity index (χ0v) is 18.8. The van der Waals surface area contributed by atoms with Crippen LogP contribution >= 0.6 is 0 Å². The Morgan fingerprint density at radius 3 is 2.45 bits per heavy atom. The first kappa shape index (κ1) is 21.5. The lowest BCUT2D eigenvalue weighted by Crippen LogP contribution is -2.74. The number of benzene rings is 1. The highest BCUT2D eigenvalue weighted by atomic mass is 16.5. The molecule has 9 heteroatoms. The molecule has 4 aliphatic heterocycles. The highest BCUT2D eigenvalue weighted by molar-refractivity contribution is 6.03. The quantitative estimate of drug-likeness (QED) is 0.497. The van der Waals surface area contributed by atoms with Gasteiger partial charge in [0, 0.05) is 12.6 Å². The molecule has 1 aromatic rings. The van der Waals surface area contributed by atoms with Crippen LogP contribution in [0.5, 0.6) is 0 Å². The summed E-state index contributed by atoms with van der Waals surface area (Å²) in [5, 5.41) is 0. The molecule has 4 heterocycles. The van der Waals surface area contributed by atoms with Crippen LogP contribution in [0.4, 0.5) is 10.5 Å². The predicted molar refractivity (Wildman–Crippen MR) is 115 cm³/mol. The Morgan fingerprint density at radius 1 is 1.00 bits per heavy atom. The number of fused-ring (bicyclic) bond motifs is 4. The number of para-hydroxylation sites is 1.